The number of aromatic amines is 1. The van der Waals surface area contributed by atoms with Crippen molar-refractivity contribution in [2.45, 2.75) is 32.4 Å². The number of aliphatic carboxylic acids is 1. The molecule has 1 aliphatic rings. The minimum atomic E-state index is -0.933. The van der Waals surface area contributed by atoms with Crippen molar-refractivity contribution in [2.24, 2.45) is 5.92 Å². The van der Waals surface area contributed by atoms with Gasteiger partial charge in [-0.3, -0.25) is 0 Å². The first kappa shape index (κ1) is 14.4. The normalized spacial score (nSPS) is 22.6. The summed E-state index contributed by atoms with van der Waals surface area (Å²) in [5.74, 6) is -0.281. The van der Waals surface area contributed by atoms with Crippen molar-refractivity contribution >= 4 is 12.0 Å². The van der Waals surface area contributed by atoms with E-state index in [1.165, 1.54) is 9.80 Å². The van der Waals surface area contributed by atoms with Crippen LogP contribution in [0.1, 0.15) is 25.6 Å². The Hall–Kier alpha value is -2.05. The summed E-state index contributed by atoms with van der Waals surface area (Å²) in [4.78, 5) is 33.8. The molecule has 7 heteroatoms. The Bertz CT molecular complexity index is 474. The van der Waals surface area contributed by atoms with Crippen molar-refractivity contribution in [3.05, 3.63) is 18.2 Å². The fourth-order valence-electron chi connectivity index (χ4n) is 2.68. The summed E-state index contributed by atoms with van der Waals surface area (Å²) in [5, 5.41) is 9.34. The maximum Gasteiger partial charge on any atom is 0.326 e. The predicted octanol–water partition coefficient (Wildman–Crippen LogP) is 1.15. The number of hydrogen-bond donors (Lipinski definition) is 2. The van der Waals surface area contributed by atoms with Crippen molar-refractivity contribution in [1.29, 1.82) is 0 Å². The molecular weight excluding hydrogens is 260 g/mol. The molecule has 1 aromatic rings. The van der Waals surface area contributed by atoms with Crippen LogP contribution >= 0.6 is 0 Å². The van der Waals surface area contributed by atoms with Gasteiger partial charge in [-0.25, -0.2) is 14.6 Å². The van der Waals surface area contributed by atoms with Gasteiger partial charge in [-0.15, -0.1) is 0 Å². The first-order valence-corrected chi connectivity index (χ1v) is 6.73. The molecule has 0 bridgehead atoms. The second kappa shape index (κ2) is 5.94. The second-order valence-corrected chi connectivity index (χ2v) is 5.27. The van der Waals surface area contributed by atoms with E-state index >= 15 is 0 Å². The SMILES string of the molecule is CC1CCCN(C(=O)N(C)Cc2ncc[nH]2)C1C(=O)O. The van der Waals surface area contributed by atoms with Gasteiger partial charge in [-0.05, 0) is 18.8 Å². The van der Waals surface area contributed by atoms with Crippen LogP contribution in [0.2, 0.25) is 0 Å². The lowest BCUT2D eigenvalue weighted by molar-refractivity contribution is -0.145. The minimum Gasteiger partial charge on any atom is -0.480 e. The Kier molecular flexibility index (Phi) is 4.26. The van der Waals surface area contributed by atoms with E-state index in [-0.39, 0.29) is 11.9 Å². The molecule has 2 N–H and O–H groups in total. The van der Waals surface area contributed by atoms with Crippen LogP contribution in [0.25, 0.3) is 0 Å². The monoisotopic (exact) mass is 280 g/mol. The van der Waals surface area contributed by atoms with Crippen molar-refractivity contribution in [3.63, 3.8) is 0 Å². The molecule has 2 rings (SSSR count). The number of imidazole rings is 1. The van der Waals surface area contributed by atoms with Gasteiger partial charge in [0.05, 0.1) is 6.54 Å². The molecule has 110 valence electrons. The number of H-pyrrole nitrogens is 1. The third kappa shape index (κ3) is 2.92. The van der Waals surface area contributed by atoms with E-state index in [4.69, 9.17) is 0 Å². The third-order valence-corrected chi connectivity index (χ3v) is 3.70. The van der Waals surface area contributed by atoms with E-state index in [0.717, 1.165) is 12.8 Å². The number of aromatic nitrogens is 2. The number of amides is 2. The minimum absolute atomic E-state index is 0.0257. The molecule has 2 atom stereocenters. The molecule has 0 radical (unpaired) electrons. The lowest BCUT2D eigenvalue weighted by Gasteiger charge is -2.39. The zero-order valence-electron chi connectivity index (χ0n) is 11.7. The van der Waals surface area contributed by atoms with Crippen LogP contribution in [0.4, 0.5) is 4.79 Å². The highest BCUT2D eigenvalue weighted by atomic mass is 16.4. The Morgan fingerprint density at radius 3 is 2.95 bits per heavy atom. The summed E-state index contributed by atoms with van der Waals surface area (Å²) in [6.07, 6.45) is 4.99. The summed E-state index contributed by atoms with van der Waals surface area (Å²) in [5.41, 5.74) is 0. The van der Waals surface area contributed by atoms with Crippen LogP contribution < -0.4 is 0 Å². The van der Waals surface area contributed by atoms with Gasteiger partial charge >= 0.3 is 12.0 Å². The standard InChI is InChI=1S/C13H20N4O3/c1-9-4-3-7-17(11(9)12(18)19)13(20)16(2)8-10-14-5-6-15-10/h5-6,9,11H,3-4,7-8H2,1-2H3,(H,14,15)(H,18,19). The summed E-state index contributed by atoms with van der Waals surface area (Å²) in [6.45, 7) is 2.70. The Morgan fingerprint density at radius 1 is 1.60 bits per heavy atom. The average Bonchev–Trinajstić information content (AvgIpc) is 2.89. The highest BCUT2D eigenvalue weighted by Crippen LogP contribution is 2.24. The van der Waals surface area contributed by atoms with Crippen LogP contribution in [0.15, 0.2) is 12.4 Å². The number of piperidine rings is 1. The van der Waals surface area contributed by atoms with Crippen LogP contribution in [0, 0.1) is 5.92 Å². The van der Waals surface area contributed by atoms with Crippen molar-refractivity contribution in [2.75, 3.05) is 13.6 Å². The van der Waals surface area contributed by atoms with Crippen molar-refractivity contribution in [3.8, 4) is 0 Å². The number of carbonyl (C=O) groups is 2. The molecule has 2 amide bonds. The summed E-state index contributed by atoms with van der Waals surface area (Å²) in [6, 6.07) is -1.00. The molecule has 7 nitrogen and oxygen atoms in total. The van der Waals surface area contributed by atoms with Gasteiger partial charge in [0.25, 0.3) is 0 Å². The maximum absolute atomic E-state index is 12.4. The van der Waals surface area contributed by atoms with Crippen LogP contribution in [0.3, 0.4) is 0 Å². The number of nitrogens with one attached hydrogen (secondary N) is 1. The Balaban J connectivity index is 2.07. The van der Waals surface area contributed by atoms with Crippen LogP contribution in [-0.2, 0) is 11.3 Å². The zero-order chi connectivity index (χ0) is 14.7. The fourth-order valence-corrected chi connectivity index (χ4v) is 2.68. The summed E-state index contributed by atoms with van der Waals surface area (Å²) >= 11 is 0. The van der Waals surface area contributed by atoms with Gasteiger partial charge in [0.2, 0.25) is 0 Å². The smallest absolute Gasteiger partial charge is 0.326 e. The number of carboxylic acid groups (broad SMARTS) is 1. The van der Waals surface area contributed by atoms with E-state index in [0.29, 0.717) is 18.9 Å². The zero-order valence-corrected chi connectivity index (χ0v) is 11.7. The van der Waals surface area contributed by atoms with E-state index in [2.05, 4.69) is 9.97 Å². The number of urea groups is 1. The summed E-state index contributed by atoms with van der Waals surface area (Å²) < 4.78 is 0. The second-order valence-electron chi connectivity index (χ2n) is 5.27. The lowest BCUT2D eigenvalue weighted by atomic mass is 9.91. The van der Waals surface area contributed by atoms with Gasteiger partial charge < -0.3 is 19.9 Å². The highest BCUT2D eigenvalue weighted by molar-refractivity contribution is 5.83. The third-order valence-electron chi connectivity index (χ3n) is 3.70. The molecule has 1 aromatic heterocycles. The van der Waals surface area contributed by atoms with Crippen molar-refractivity contribution in [1.82, 2.24) is 19.8 Å². The topological polar surface area (TPSA) is 89.5 Å². The van der Waals surface area contributed by atoms with Gasteiger partial charge in [0.1, 0.15) is 11.9 Å². The van der Waals surface area contributed by atoms with Gasteiger partial charge in [0, 0.05) is 26.0 Å². The number of carboxylic acids is 1. The highest BCUT2D eigenvalue weighted by Gasteiger charge is 2.38. The molecule has 1 fully saturated rings. The molecule has 0 spiro atoms. The molecule has 20 heavy (non-hydrogen) atoms. The molecule has 2 unspecified atom stereocenters. The molecule has 0 aliphatic carbocycles. The van der Waals surface area contributed by atoms with E-state index < -0.39 is 12.0 Å². The first-order valence-electron chi connectivity index (χ1n) is 6.73. The van der Waals surface area contributed by atoms with E-state index in [1.807, 2.05) is 6.92 Å². The maximum atomic E-state index is 12.4. The molecule has 1 aliphatic heterocycles. The number of rotatable bonds is 3. The Morgan fingerprint density at radius 2 is 2.35 bits per heavy atom. The Labute approximate surface area is 117 Å². The van der Waals surface area contributed by atoms with Gasteiger partial charge in [-0.1, -0.05) is 6.92 Å². The van der Waals surface area contributed by atoms with Gasteiger partial charge in [0.15, 0.2) is 0 Å². The number of nitrogens with zero attached hydrogens (tertiary/aromatic N) is 3. The van der Waals surface area contributed by atoms with E-state index in [1.54, 1.807) is 19.4 Å². The van der Waals surface area contributed by atoms with Crippen LogP contribution in [-0.4, -0.2) is 56.5 Å². The first-order chi connectivity index (χ1) is 9.50. The molecule has 0 saturated carbocycles. The van der Waals surface area contributed by atoms with Crippen molar-refractivity contribution < 1.29 is 14.7 Å². The quantitative estimate of drug-likeness (QED) is 0.869. The van der Waals surface area contributed by atoms with Crippen LogP contribution in [0.5, 0.6) is 0 Å². The average molecular weight is 280 g/mol. The van der Waals surface area contributed by atoms with Gasteiger partial charge in [-0.2, -0.15) is 0 Å². The van der Waals surface area contributed by atoms with E-state index in [9.17, 15) is 14.7 Å². The number of carbonyl (C=O) groups excluding carboxylic acids is 1. The molecular formula is C13H20N4O3. The largest absolute Gasteiger partial charge is 0.480 e. The summed E-state index contributed by atoms with van der Waals surface area (Å²) in [7, 11) is 1.66. The molecule has 1 saturated heterocycles. The lowest BCUT2D eigenvalue weighted by Crippen LogP contribution is -2.55. The molecule has 2 heterocycles. The number of hydrogen-bond acceptors (Lipinski definition) is 3. The predicted molar refractivity (Wildman–Crippen MR) is 72.0 cm³/mol. The number of likely N-dealkylation sites (tertiary alicyclic amines) is 1. The molecule has 0 aromatic carbocycles. The fraction of sp³-hybridized carbons (Fsp3) is 0.615.